The normalized spacial score (nSPS) is 11.6. The van der Waals surface area contributed by atoms with E-state index in [-0.39, 0.29) is 4.90 Å². The van der Waals surface area contributed by atoms with Crippen LogP contribution in [0.4, 0.5) is 5.69 Å². The first kappa shape index (κ1) is 21.3. The van der Waals surface area contributed by atoms with E-state index >= 15 is 0 Å². The lowest BCUT2D eigenvalue weighted by Gasteiger charge is -2.12. The van der Waals surface area contributed by atoms with Crippen LogP contribution in [-0.2, 0) is 24.3 Å². The molecule has 0 atom stereocenters. The molecule has 0 aliphatic rings. The Labute approximate surface area is 164 Å². The van der Waals surface area contributed by atoms with Crippen LogP contribution in [0.2, 0.25) is 0 Å². The number of amides is 1. The van der Waals surface area contributed by atoms with Crippen molar-refractivity contribution in [3.8, 4) is 0 Å². The molecule has 1 amide bonds. The minimum absolute atomic E-state index is 0.0494. The fraction of sp³-hybridized carbons (Fsp3) is 0.200. The number of nitrogens with one attached hydrogen (secondary N) is 1. The number of carbonyl (C=O) groups is 2. The quantitative estimate of drug-likeness (QED) is 0.567. The van der Waals surface area contributed by atoms with Crippen LogP contribution in [0.15, 0.2) is 59.5 Å². The van der Waals surface area contributed by atoms with Crippen LogP contribution in [0.1, 0.15) is 11.1 Å². The monoisotopic (exact) mass is 402 g/mol. The maximum atomic E-state index is 12.1. The summed E-state index contributed by atoms with van der Waals surface area (Å²) in [4.78, 5) is 23.7. The van der Waals surface area contributed by atoms with Gasteiger partial charge < -0.3 is 10.1 Å². The fourth-order valence-electron chi connectivity index (χ4n) is 2.17. The summed E-state index contributed by atoms with van der Waals surface area (Å²) in [7, 11) is -0.768. The van der Waals surface area contributed by atoms with Crippen LogP contribution in [0.25, 0.3) is 6.08 Å². The van der Waals surface area contributed by atoms with Crippen LogP contribution < -0.4 is 5.32 Å². The SMILES string of the molecule is Cc1ccc(/C=C/C(=O)OCC(=O)Nc2cccc(S(=O)(=O)N(C)C)c2)cc1. The average Bonchev–Trinajstić information content (AvgIpc) is 2.66. The van der Waals surface area contributed by atoms with Crippen LogP contribution in [0.5, 0.6) is 0 Å². The fourth-order valence-corrected chi connectivity index (χ4v) is 3.12. The number of rotatable bonds is 7. The summed E-state index contributed by atoms with van der Waals surface area (Å²) < 4.78 is 30.2. The first-order valence-corrected chi connectivity index (χ1v) is 9.86. The maximum Gasteiger partial charge on any atom is 0.331 e. The molecule has 0 aliphatic carbocycles. The Kier molecular flexibility index (Phi) is 7.08. The number of anilines is 1. The number of carbonyl (C=O) groups excluding carboxylic acids is 2. The van der Waals surface area contributed by atoms with Crippen molar-refractivity contribution in [2.24, 2.45) is 0 Å². The summed E-state index contributed by atoms with van der Waals surface area (Å²) >= 11 is 0. The van der Waals surface area contributed by atoms with Gasteiger partial charge in [0.2, 0.25) is 10.0 Å². The maximum absolute atomic E-state index is 12.1. The van der Waals surface area contributed by atoms with Gasteiger partial charge in [0, 0.05) is 25.9 Å². The first-order chi connectivity index (χ1) is 13.2. The Morgan fingerprint density at radius 3 is 2.43 bits per heavy atom. The number of hydrogen-bond acceptors (Lipinski definition) is 5. The van der Waals surface area contributed by atoms with Gasteiger partial charge in [0.15, 0.2) is 6.61 Å². The second-order valence-electron chi connectivity index (χ2n) is 6.22. The van der Waals surface area contributed by atoms with E-state index in [0.717, 1.165) is 15.4 Å². The molecule has 0 aromatic heterocycles. The second kappa shape index (κ2) is 9.29. The highest BCUT2D eigenvalue weighted by atomic mass is 32.2. The van der Waals surface area contributed by atoms with Crippen molar-refractivity contribution in [3.63, 3.8) is 0 Å². The minimum Gasteiger partial charge on any atom is -0.452 e. The Bertz CT molecular complexity index is 980. The largest absolute Gasteiger partial charge is 0.452 e. The van der Waals surface area contributed by atoms with Crippen molar-refractivity contribution in [1.82, 2.24) is 4.31 Å². The van der Waals surface area contributed by atoms with Gasteiger partial charge in [0.25, 0.3) is 5.91 Å². The van der Waals surface area contributed by atoms with E-state index in [0.29, 0.717) is 5.69 Å². The molecule has 2 aromatic rings. The van der Waals surface area contributed by atoms with Gasteiger partial charge in [-0.15, -0.1) is 0 Å². The van der Waals surface area contributed by atoms with E-state index in [4.69, 9.17) is 4.74 Å². The number of ether oxygens (including phenoxy) is 1. The lowest BCUT2D eigenvalue weighted by Crippen LogP contribution is -2.23. The van der Waals surface area contributed by atoms with Crippen LogP contribution in [0.3, 0.4) is 0 Å². The van der Waals surface area contributed by atoms with E-state index in [1.54, 1.807) is 12.1 Å². The first-order valence-electron chi connectivity index (χ1n) is 8.42. The molecular weight excluding hydrogens is 380 g/mol. The van der Waals surface area contributed by atoms with Crippen molar-refractivity contribution in [2.75, 3.05) is 26.0 Å². The lowest BCUT2D eigenvalue weighted by atomic mass is 10.1. The molecule has 0 fully saturated rings. The van der Waals surface area contributed by atoms with Gasteiger partial charge in [-0.25, -0.2) is 17.5 Å². The Hall–Kier alpha value is -2.97. The van der Waals surface area contributed by atoms with Gasteiger partial charge in [0.05, 0.1) is 4.90 Å². The van der Waals surface area contributed by atoms with Gasteiger partial charge in [-0.2, -0.15) is 0 Å². The van der Waals surface area contributed by atoms with Gasteiger partial charge in [0.1, 0.15) is 0 Å². The van der Waals surface area contributed by atoms with E-state index in [2.05, 4.69) is 5.32 Å². The Balaban J connectivity index is 1.90. The topological polar surface area (TPSA) is 92.8 Å². The third-order valence-electron chi connectivity index (χ3n) is 3.73. The van der Waals surface area contributed by atoms with Crippen molar-refractivity contribution < 1.29 is 22.7 Å². The number of benzene rings is 2. The predicted molar refractivity (Wildman–Crippen MR) is 107 cm³/mol. The molecule has 0 saturated carbocycles. The number of esters is 1. The third kappa shape index (κ3) is 6.04. The standard InChI is InChI=1S/C20H22N2O5S/c1-15-7-9-16(10-8-15)11-12-20(24)27-14-19(23)21-17-5-4-6-18(13-17)28(25,26)22(2)3/h4-13H,14H2,1-3H3,(H,21,23)/b12-11+. The molecule has 2 aromatic carbocycles. The van der Waals surface area contributed by atoms with Crippen molar-refractivity contribution in [2.45, 2.75) is 11.8 Å². The molecule has 28 heavy (non-hydrogen) atoms. The molecule has 1 N–H and O–H groups in total. The molecule has 0 radical (unpaired) electrons. The summed E-state index contributed by atoms with van der Waals surface area (Å²) in [5, 5.41) is 2.51. The number of hydrogen-bond donors (Lipinski definition) is 1. The summed E-state index contributed by atoms with van der Waals surface area (Å²) in [5.74, 6) is -1.23. The smallest absolute Gasteiger partial charge is 0.331 e. The Morgan fingerprint density at radius 1 is 1.11 bits per heavy atom. The van der Waals surface area contributed by atoms with Crippen LogP contribution in [0, 0.1) is 6.92 Å². The number of aryl methyl sites for hydroxylation is 1. The zero-order chi connectivity index (χ0) is 20.7. The highest BCUT2D eigenvalue weighted by molar-refractivity contribution is 7.89. The molecule has 0 aliphatic heterocycles. The van der Waals surface area contributed by atoms with E-state index in [1.807, 2.05) is 31.2 Å². The average molecular weight is 402 g/mol. The van der Waals surface area contributed by atoms with E-state index < -0.39 is 28.5 Å². The highest BCUT2D eigenvalue weighted by Crippen LogP contribution is 2.17. The molecule has 0 heterocycles. The van der Waals surface area contributed by atoms with Crippen molar-refractivity contribution in [1.29, 1.82) is 0 Å². The summed E-state index contributed by atoms with van der Waals surface area (Å²) in [6.45, 7) is 1.48. The van der Waals surface area contributed by atoms with Crippen molar-refractivity contribution in [3.05, 3.63) is 65.7 Å². The second-order valence-corrected chi connectivity index (χ2v) is 8.37. The van der Waals surface area contributed by atoms with Gasteiger partial charge >= 0.3 is 5.97 Å². The Morgan fingerprint density at radius 2 is 1.79 bits per heavy atom. The van der Waals surface area contributed by atoms with Crippen molar-refractivity contribution >= 4 is 33.7 Å². The van der Waals surface area contributed by atoms with E-state index in [9.17, 15) is 18.0 Å². The van der Waals surface area contributed by atoms with Gasteiger partial charge in [-0.1, -0.05) is 35.9 Å². The van der Waals surface area contributed by atoms with Gasteiger partial charge in [-0.05, 0) is 36.8 Å². The molecule has 0 spiro atoms. The molecule has 8 heteroatoms. The summed E-state index contributed by atoms with van der Waals surface area (Å²) in [5.41, 5.74) is 2.24. The molecule has 0 saturated heterocycles. The molecule has 0 bridgehead atoms. The third-order valence-corrected chi connectivity index (χ3v) is 5.54. The minimum atomic E-state index is -3.61. The molecule has 2 rings (SSSR count). The molecule has 148 valence electrons. The zero-order valence-electron chi connectivity index (χ0n) is 15.9. The van der Waals surface area contributed by atoms with Gasteiger partial charge in [-0.3, -0.25) is 4.79 Å². The lowest BCUT2D eigenvalue weighted by molar-refractivity contribution is -0.142. The summed E-state index contributed by atoms with van der Waals surface area (Å²) in [6, 6.07) is 13.4. The predicted octanol–water partition coefficient (Wildman–Crippen LogP) is 2.44. The number of nitrogens with zero attached hydrogens (tertiary/aromatic N) is 1. The van der Waals surface area contributed by atoms with E-state index in [1.165, 1.54) is 38.4 Å². The molecular formula is C20H22N2O5S. The molecule has 0 unspecified atom stereocenters. The zero-order valence-corrected chi connectivity index (χ0v) is 16.7. The number of sulfonamides is 1. The highest BCUT2D eigenvalue weighted by Gasteiger charge is 2.17. The van der Waals surface area contributed by atoms with Crippen LogP contribution in [-0.4, -0.2) is 45.3 Å². The molecule has 7 nitrogen and oxygen atoms in total. The summed E-state index contributed by atoms with van der Waals surface area (Å²) in [6.07, 6.45) is 2.83. The van der Waals surface area contributed by atoms with Crippen LogP contribution >= 0.6 is 0 Å².